The van der Waals surface area contributed by atoms with Crippen LogP contribution in [0.3, 0.4) is 0 Å². The van der Waals surface area contributed by atoms with Crippen LogP contribution in [0.2, 0.25) is 0 Å². The van der Waals surface area contributed by atoms with Gasteiger partial charge in [0, 0.05) is 50.8 Å². The van der Waals surface area contributed by atoms with Crippen molar-refractivity contribution < 1.29 is 18.4 Å². The summed E-state index contributed by atoms with van der Waals surface area (Å²) in [6.45, 7) is 6.10. The topological polar surface area (TPSA) is 43.9 Å². The summed E-state index contributed by atoms with van der Waals surface area (Å²) >= 11 is 0. The molecular formula is C28H33F2N3O2. The Kier molecular flexibility index (Phi) is 8.29. The number of carbonyl (C=O) groups excluding carboxylic acids is 2. The van der Waals surface area contributed by atoms with Gasteiger partial charge in [0.2, 0.25) is 11.8 Å². The molecule has 2 aliphatic rings. The summed E-state index contributed by atoms with van der Waals surface area (Å²) in [5.41, 5.74) is 1.70. The van der Waals surface area contributed by atoms with Crippen LogP contribution in [-0.2, 0) is 9.59 Å². The standard InChI is InChI=1S/C28H33F2N3O2/c1-21-20-32(27(34)8-7-22-17-25(29)19-26(30)18-22)15-16-33(21)28(35)11-14-31-12-9-24(10-13-31)23-5-3-2-4-6-23/h2-8,17-19,21,24H,9-16,20H2,1H3/b8-7+/t21-/m1/s1. The normalized spacial score (nSPS) is 19.9. The highest BCUT2D eigenvalue weighted by atomic mass is 19.1. The van der Waals surface area contributed by atoms with E-state index in [0.29, 0.717) is 37.5 Å². The monoisotopic (exact) mass is 481 g/mol. The van der Waals surface area contributed by atoms with Crippen LogP contribution < -0.4 is 0 Å². The summed E-state index contributed by atoms with van der Waals surface area (Å²) < 4.78 is 26.7. The molecule has 7 heteroatoms. The van der Waals surface area contributed by atoms with Crippen molar-refractivity contribution in [2.45, 2.75) is 38.1 Å². The second kappa shape index (κ2) is 11.6. The van der Waals surface area contributed by atoms with Crippen molar-refractivity contribution in [1.29, 1.82) is 0 Å². The summed E-state index contributed by atoms with van der Waals surface area (Å²) in [6.07, 6.45) is 5.46. The molecule has 0 saturated carbocycles. The van der Waals surface area contributed by atoms with Gasteiger partial charge in [0.05, 0.1) is 0 Å². The van der Waals surface area contributed by atoms with Crippen molar-refractivity contribution in [3.05, 3.63) is 77.4 Å². The zero-order valence-corrected chi connectivity index (χ0v) is 20.2. The zero-order chi connectivity index (χ0) is 24.8. The number of amides is 2. The van der Waals surface area contributed by atoms with Crippen molar-refractivity contribution in [1.82, 2.24) is 14.7 Å². The van der Waals surface area contributed by atoms with E-state index in [0.717, 1.165) is 38.5 Å². The summed E-state index contributed by atoms with van der Waals surface area (Å²) in [4.78, 5) is 31.4. The van der Waals surface area contributed by atoms with Crippen molar-refractivity contribution in [2.24, 2.45) is 0 Å². The highest BCUT2D eigenvalue weighted by Gasteiger charge is 2.29. The van der Waals surface area contributed by atoms with E-state index in [2.05, 4.69) is 29.2 Å². The largest absolute Gasteiger partial charge is 0.336 e. The molecule has 2 amide bonds. The van der Waals surface area contributed by atoms with Gasteiger partial charge in [-0.2, -0.15) is 0 Å². The molecule has 2 heterocycles. The van der Waals surface area contributed by atoms with E-state index in [1.54, 1.807) is 4.90 Å². The molecular weight excluding hydrogens is 448 g/mol. The third-order valence-electron chi connectivity index (χ3n) is 7.06. The van der Waals surface area contributed by atoms with E-state index >= 15 is 0 Å². The lowest BCUT2D eigenvalue weighted by Gasteiger charge is -2.40. The molecule has 35 heavy (non-hydrogen) atoms. The maximum absolute atomic E-state index is 13.3. The van der Waals surface area contributed by atoms with Gasteiger partial charge in [0.15, 0.2) is 0 Å². The summed E-state index contributed by atoms with van der Waals surface area (Å²) in [5.74, 6) is -0.866. The molecule has 186 valence electrons. The van der Waals surface area contributed by atoms with Crippen molar-refractivity contribution in [2.75, 3.05) is 39.3 Å². The Morgan fingerprint density at radius 1 is 0.971 bits per heavy atom. The molecule has 2 saturated heterocycles. The average molecular weight is 482 g/mol. The molecule has 0 N–H and O–H groups in total. The molecule has 4 rings (SSSR count). The van der Waals surface area contributed by atoms with E-state index in [-0.39, 0.29) is 17.9 Å². The van der Waals surface area contributed by atoms with E-state index in [9.17, 15) is 18.4 Å². The number of hydrogen-bond donors (Lipinski definition) is 0. The number of nitrogens with zero attached hydrogens (tertiary/aromatic N) is 3. The molecule has 1 atom stereocenters. The Morgan fingerprint density at radius 2 is 1.66 bits per heavy atom. The fourth-order valence-electron chi connectivity index (χ4n) is 5.09. The molecule has 2 aliphatic heterocycles. The molecule has 0 aromatic heterocycles. The minimum Gasteiger partial charge on any atom is -0.336 e. The van der Waals surface area contributed by atoms with Gasteiger partial charge in [-0.05, 0) is 68.1 Å². The smallest absolute Gasteiger partial charge is 0.246 e. The molecule has 0 spiro atoms. The fourth-order valence-corrected chi connectivity index (χ4v) is 5.09. The van der Waals surface area contributed by atoms with Gasteiger partial charge in [0.25, 0.3) is 0 Å². The number of benzene rings is 2. The maximum Gasteiger partial charge on any atom is 0.246 e. The van der Waals surface area contributed by atoms with E-state index < -0.39 is 11.6 Å². The van der Waals surface area contributed by atoms with Crippen molar-refractivity contribution in [3.8, 4) is 0 Å². The molecule has 0 aliphatic carbocycles. The Bertz CT molecular complexity index is 1030. The molecule has 0 unspecified atom stereocenters. The first-order chi connectivity index (χ1) is 16.9. The van der Waals surface area contributed by atoms with Crippen molar-refractivity contribution in [3.63, 3.8) is 0 Å². The number of likely N-dealkylation sites (tertiary alicyclic amines) is 1. The highest BCUT2D eigenvalue weighted by Crippen LogP contribution is 2.27. The summed E-state index contributed by atoms with van der Waals surface area (Å²) in [6, 6.07) is 13.7. The molecule has 2 fully saturated rings. The minimum atomic E-state index is -0.682. The number of piperidine rings is 1. The summed E-state index contributed by atoms with van der Waals surface area (Å²) in [7, 11) is 0. The molecule has 2 aromatic rings. The molecule has 0 radical (unpaired) electrons. The van der Waals surface area contributed by atoms with Crippen LogP contribution in [0.25, 0.3) is 6.08 Å². The number of rotatable bonds is 6. The number of halogens is 2. The maximum atomic E-state index is 13.3. The van der Waals surface area contributed by atoms with Crippen LogP contribution in [-0.4, -0.2) is 71.8 Å². The van der Waals surface area contributed by atoms with Gasteiger partial charge < -0.3 is 14.7 Å². The first kappa shape index (κ1) is 25.0. The lowest BCUT2D eigenvalue weighted by molar-refractivity contribution is -0.140. The predicted molar refractivity (Wildman–Crippen MR) is 133 cm³/mol. The van der Waals surface area contributed by atoms with E-state index in [1.165, 1.54) is 29.8 Å². The second-order valence-electron chi connectivity index (χ2n) is 9.53. The van der Waals surface area contributed by atoms with E-state index in [1.807, 2.05) is 17.9 Å². The Labute approximate surface area is 206 Å². The summed E-state index contributed by atoms with van der Waals surface area (Å²) in [5, 5.41) is 0. The molecule has 0 bridgehead atoms. The van der Waals surface area contributed by atoms with Gasteiger partial charge in [0.1, 0.15) is 11.6 Å². The third-order valence-corrected chi connectivity index (χ3v) is 7.06. The van der Waals surface area contributed by atoms with Crippen LogP contribution in [0.5, 0.6) is 0 Å². The highest BCUT2D eigenvalue weighted by molar-refractivity contribution is 5.92. The SMILES string of the molecule is C[C@@H]1CN(C(=O)/C=C/c2cc(F)cc(F)c2)CCN1C(=O)CCN1CCC(c2ccccc2)CC1. The Hall–Kier alpha value is -3.06. The Morgan fingerprint density at radius 3 is 2.31 bits per heavy atom. The Balaban J connectivity index is 1.21. The van der Waals surface area contributed by atoms with Gasteiger partial charge >= 0.3 is 0 Å². The molecule has 5 nitrogen and oxygen atoms in total. The van der Waals surface area contributed by atoms with Gasteiger partial charge in [-0.15, -0.1) is 0 Å². The zero-order valence-electron chi connectivity index (χ0n) is 20.2. The average Bonchev–Trinajstić information content (AvgIpc) is 2.86. The lowest BCUT2D eigenvalue weighted by atomic mass is 9.89. The fraction of sp³-hybridized carbons (Fsp3) is 0.429. The number of hydrogen-bond acceptors (Lipinski definition) is 3. The van der Waals surface area contributed by atoms with Gasteiger partial charge in [-0.1, -0.05) is 30.3 Å². The van der Waals surface area contributed by atoms with Crippen LogP contribution in [0.4, 0.5) is 8.78 Å². The first-order valence-electron chi connectivity index (χ1n) is 12.4. The second-order valence-corrected chi connectivity index (χ2v) is 9.53. The van der Waals surface area contributed by atoms with E-state index in [4.69, 9.17) is 0 Å². The van der Waals surface area contributed by atoms with Gasteiger partial charge in [-0.3, -0.25) is 9.59 Å². The minimum absolute atomic E-state index is 0.0796. The first-order valence-corrected chi connectivity index (χ1v) is 12.4. The van der Waals surface area contributed by atoms with Crippen LogP contribution in [0, 0.1) is 11.6 Å². The van der Waals surface area contributed by atoms with Crippen LogP contribution in [0.15, 0.2) is 54.6 Å². The number of carbonyl (C=O) groups is 2. The van der Waals surface area contributed by atoms with Crippen LogP contribution >= 0.6 is 0 Å². The van der Waals surface area contributed by atoms with Crippen LogP contribution in [0.1, 0.15) is 43.2 Å². The van der Waals surface area contributed by atoms with Crippen molar-refractivity contribution >= 4 is 17.9 Å². The molecule has 2 aromatic carbocycles. The third kappa shape index (κ3) is 6.75. The van der Waals surface area contributed by atoms with Gasteiger partial charge in [-0.25, -0.2) is 8.78 Å². The quantitative estimate of drug-likeness (QED) is 0.578. The predicted octanol–water partition coefficient (Wildman–Crippen LogP) is 4.31. The number of piperazine rings is 1. The lowest BCUT2D eigenvalue weighted by Crippen LogP contribution is -2.55.